The molecule has 7 heterocycles. The molecule has 7 aliphatic heterocycles. The molecule has 7 fully saturated rings. The zero-order valence-electron chi connectivity index (χ0n) is 51.6. The van der Waals surface area contributed by atoms with Crippen LogP contribution in [0.4, 0.5) is 0 Å². The van der Waals surface area contributed by atoms with Crippen molar-refractivity contribution in [2.75, 3.05) is 46.2 Å². The van der Waals surface area contributed by atoms with E-state index in [1.54, 1.807) is 0 Å². The molecular formula is C53H88N4O39. The fraction of sp³-hybridized carbons (Fsp3) is 0.906. The summed E-state index contributed by atoms with van der Waals surface area (Å²) in [5, 5.41) is 240. The standard InChI is InChI=1S/C53H88N4O39/c1-13(65)54-25-17(69)5-53(52(82)83,95-43(25)29(71)18(70)6-58)96-45-38(80)51(89-24(12-64)41(45)92-48-27(56-15(3)67)34(76)31(73)20(8-60)86-48)93-42-28(57-16(4)68)49(87-21(9-61)32(42)74)94-44-37(79)50(90-39-22(10-62)84-46(81)36(78)35(39)77)88-23(11-63)40(44)91-47-26(55-14(2)66)33(75)30(72)19(7-59)85-47/h17-51,58-64,69-81H,5-12H2,1-4H3,(H,54,65)(H,55,66)(H,56,67)(H,57,68)(H,82,83)/t17-,18+,19+,20+,21+,22+,23+,24+,25+,26+,27+,28+,29+,30-,31-,32+,33+,34+,35+,36+,37+,38+,39+,40-,41-,42+,43+,44+,45+,46+,47-,48-,49-,50-,51-,53-/m0/s1. The Hall–Kier alpha value is -3.97. The number of carbonyl (C=O) groups is 5. The number of nitrogens with one attached hydrogen (secondary N) is 4. The van der Waals surface area contributed by atoms with Crippen LogP contribution >= 0.6 is 0 Å². The fourth-order valence-corrected chi connectivity index (χ4v) is 12.3. The van der Waals surface area contributed by atoms with Gasteiger partial charge in [0.15, 0.2) is 37.7 Å². The van der Waals surface area contributed by atoms with Crippen LogP contribution in [0.2, 0.25) is 0 Å². The van der Waals surface area contributed by atoms with E-state index in [2.05, 4.69) is 21.3 Å². The summed E-state index contributed by atoms with van der Waals surface area (Å²) in [5.41, 5.74) is 0. The molecule has 0 aromatic rings. The van der Waals surface area contributed by atoms with Gasteiger partial charge in [0.25, 0.3) is 5.79 Å². The maximum absolute atomic E-state index is 13.8. The van der Waals surface area contributed by atoms with Gasteiger partial charge in [-0.05, 0) is 0 Å². The zero-order valence-corrected chi connectivity index (χ0v) is 51.6. The summed E-state index contributed by atoms with van der Waals surface area (Å²) in [4.78, 5) is 64.7. The van der Waals surface area contributed by atoms with Gasteiger partial charge < -0.3 is 190 Å². The maximum atomic E-state index is 13.8. The second kappa shape index (κ2) is 34.1. The number of ether oxygens (including phenoxy) is 13. The highest BCUT2D eigenvalue weighted by atomic mass is 16.8. The maximum Gasteiger partial charge on any atom is 0.364 e. The van der Waals surface area contributed by atoms with Crippen LogP contribution in [0.1, 0.15) is 34.1 Å². The van der Waals surface area contributed by atoms with E-state index in [9.17, 15) is 131 Å². The molecule has 7 rings (SSSR count). The molecule has 0 aliphatic carbocycles. The molecular weight excluding hydrogens is 1320 g/mol. The lowest BCUT2D eigenvalue weighted by atomic mass is 9.88. The van der Waals surface area contributed by atoms with Crippen molar-refractivity contribution in [1.29, 1.82) is 0 Å². The third-order valence-corrected chi connectivity index (χ3v) is 17.1. The highest BCUT2D eigenvalue weighted by Gasteiger charge is 2.63. The van der Waals surface area contributed by atoms with Crippen LogP contribution < -0.4 is 21.3 Å². The summed E-state index contributed by atoms with van der Waals surface area (Å²) in [5.74, 6) is -9.44. The Labute approximate surface area is 543 Å². The van der Waals surface area contributed by atoms with Crippen LogP contribution in [0.5, 0.6) is 0 Å². The van der Waals surface area contributed by atoms with Crippen molar-refractivity contribution in [1.82, 2.24) is 21.3 Å². The Morgan fingerprint density at radius 1 is 0.406 bits per heavy atom. The highest BCUT2D eigenvalue weighted by Crippen LogP contribution is 2.42. The monoisotopic (exact) mass is 1400 g/mol. The van der Waals surface area contributed by atoms with Gasteiger partial charge in [-0.2, -0.15) is 0 Å². The second-order valence-electron chi connectivity index (χ2n) is 23.9. The highest BCUT2D eigenvalue weighted by molar-refractivity contribution is 5.77. The minimum Gasteiger partial charge on any atom is -0.477 e. The first-order chi connectivity index (χ1) is 45.2. The number of amides is 4. The molecule has 7 saturated heterocycles. The van der Waals surface area contributed by atoms with Crippen molar-refractivity contribution in [3.05, 3.63) is 0 Å². The van der Waals surface area contributed by atoms with E-state index < -0.39 is 303 Å². The van der Waals surface area contributed by atoms with E-state index in [0.29, 0.717) is 0 Å². The fourth-order valence-electron chi connectivity index (χ4n) is 12.3. The lowest BCUT2D eigenvalue weighted by molar-refractivity contribution is -0.403. The molecule has 96 heavy (non-hydrogen) atoms. The van der Waals surface area contributed by atoms with Gasteiger partial charge in [0.05, 0.1) is 58.4 Å². The second-order valence-corrected chi connectivity index (χ2v) is 23.9. The number of hydrogen-bond donors (Lipinski definition) is 25. The number of aliphatic carboxylic acids is 1. The molecule has 7 aliphatic rings. The average molecular weight is 1410 g/mol. The van der Waals surface area contributed by atoms with Gasteiger partial charge in [0.1, 0.15) is 165 Å². The van der Waals surface area contributed by atoms with Crippen molar-refractivity contribution in [3.8, 4) is 0 Å². The minimum atomic E-state index is -3.46. The third-order valence-electron chi connectivity index (χ3n) is 17.1. The number of carbonyl (C=O) groups excluding carboxylic acids is 4. The molecule has 0 saturated carbocycles. The van der Waals surface area contributed by atoms with Crippen molar-refractivity contribution in [3.63, 3.8) is 0 Å². The van der Waals surface area contributed by atoms with Crippen molar-refractivity contribution >= 4 is 29.6 Å². The molecule has 4 amide bonds. The van der Waals surface area contributed by atoms with Gasteiger partial charge in [-0.3, -0.25) is 19.2 Å². The Kier molecular flexibility index (Phi) is 28.2. The van der Waals surface area contributed by atoms with E-state index in [1.165, 1.54) is 0 Å². The van der Waals surface area contributed by atoms with Crippen molar-refractivity contribution in [2.45, 2.75) is 254 Å². The summed E-state index contributed by atoms with van der Waals surface area (Å²) in [6, 6.07) is -7.61. The number of rotatable bonds is 26. The Morgan fingerprint density at radius 2 is 0.771 bits per heavy atom. The van der Waals surface area contributed by atoms with Crippen LogP contribution in [0.15, 0.2) is 0 Å². The molecule has 25 N–H and O–H groups in total. The molecule has 43 heteroatoms. The summed E-state index contributed by atoms with van der Waals surface area (Å²) < 4.78 is 77.4. The lowest BCUT2D eigenvalue weighted by Gasteiger charge is -2.53. The van der Waals surface area contributed by atoms with Gasteiger partial charge in [-0.25, -0.2) is 4.79 Å². The molecule has 0 unspecified atom stereocenters. The van der Waals surface area contributed by atoms with Crippen LogP contribution in [0.3, 0.4) is 0 Å². The SMILES string of the molecule is CC(=O)N[C@H]1[C@H](O[C@@H]2[C@H](O[C@@H]3O[C@H](CO)[C@@H](O)[C@H](O[C@@H]4O[C@H](CO)[C@H](O[C@@H]5O[C@H](CO)[C@H](O)[C@H](O)[C@H]5NC(C)=O)[C@H](O[C@]5(C(=O)O)C[C@H](O)[C@@H](NC(C)=O)[C@H]([C@H](O)[C@H](O)CO)O5)[C@H]4O)[C@H]3NC(C)=O)[C@@H](O)[C@H](O[C@H]3[C@H](O)[C@@H](O)[C@H](O)O[C@@H]3CO)O[C@@H]2CO)O[C@H](CO)[C@H](O)[C@@H]1O. The molecule has 0 aromatic carbocycles. The molecule has 0 radical (unpaired) electrons. The molecule has 0 bridgehead atoms. The molecule has 36 atom stereocenters. The Bertz CT molecular complexity index is 2540. The molecule has 0 spiro atoms. The summed E-state index contributed by atoms with van der Waals surface area (Å²) in [6.45, 7) is -4.42. The van der Waals surface area contributed by atoms with Gasteiger partial charge in [0.2, 0.25) is 23.6 Å². The van der Waals surface area contributed by atoms with E-state index in [4.69, 9.17) is 61.6 Å². The first kappa shape index (κ1) is 79.4. The number of hydrogen-bond acceptors (Lipinski definition) is 38. The van der Waals surface area contributed by atoms with Gasteiger partial charge >= 0.3 is 5.97 Å². The number of carboxylic acid groups (broad SMARTS) is 1. The van der Waals surface area contributed by atoms with Crippen LogP contribution in [-0.4, -0.2) is 403 Å². The number of carboxylic acids is 1. The first-order valence-electron chi connectivity index (χ1n) is 30.2. The largest absolute Gasteiger partial charge is 0.477 e. The third kappa shape index (κ3) is 17.3. The van der Waals surface area contributed by atoms with Crippen molar-refractivity contribution < 1.29 is 193 Å². The average Bonchev–Trinajstić information content (AvgIpc) is 0.752. The first-order valence-corrected chi connectivity index (χ1v) is 30.2. The zero-order chi connectivity index (χ0) is 71.3. The Balaban J connectivity index is 1.33. The summed E-state index contributed by atoms with van der Waals surface area (Å²) in [7, 11) is 0. The van der Waals surface area contributed by atoms with Crippen LogP contribution in [0.25, 0.3) is 0 Å². The predicted molar refractivity (Wildman–Crippen MR) is 295 cm³/mol. The topological polar surface area (TPSA) is 678 Å². The summed E-state index contributed by atoms with van der Waals surface area (Å²) >= 11 is 0. The van der Waals surface area contributed by atoms with Crippen LogP contribution in [-0.2, 0) is 85.6 Å². The lowest BCUT2D eigenvalue weighted by Crippen LogP contribution is -2.73. The number of aliphatic hydroxyl groups excluding tert-OH is 20. The van der Waals surface area contributed by atoms with Gasteiger partial charge in [-0.15, -0.1) is 0 Å². The normalized spacial score (nSPS) is 46.0. The van der Waals surface area contributed by atoms with Gasteiger partial charge in [-0.1, -0.05) is 0 Å². The molecule has 43 nitrogen and oxygen atoms in total. The minimum absolute atomic E-state index is 0.870. The predicted octanol–water partition coefficient (Wildman–Crippen LogP) is -16.5. The van der Waals surface area contributed by atoms with Gasteiger partial charge in [0, 0.05) is 34.1 Å². The van der Waals surface area contributed by atoms with Crippen LogP contribution in [0, 0.1) is 0 Å². The molecule has 0 aromatic heterocycles. The Morgan fingerprint density at radius 3 is 1.21 bits per heavy atom. The summed E-state index contributed by atoms with van der Waals surface area (Å²) in [6.07, 6.45) is -68.3. The number of aliphatic hydroxyl groups is 20. The smallest absolute Gasteiger partial charge is 0.364 e. The van der Waals surface area contributed by atoms with Crippen molar-refractivity contribution in [2.24, 2.45) is 0 Å². The molecule has 554 valence electrons. The quantitative estimate of drug-likeness (QED) is 0.0382. The van der Waals surface area contributed by atoms with E-state index >= 15 is 0 Å². The van der Waals surface area contributed by atoms with E-state index in [-0.39, 0.29) is 0 Å². The van der Waals surface area contributed by atoms with E-state index in [1.807, 2.05) is 0 Å². The van der Waals surface area contributed by atoms with E-state index in [0.717, 1.165) is 27.7 Å².